The maximum Gasteiger partial charge on any atom is 0.0701 e. The largest absolute Gasteiger partial charge is 0.382 e. The number of fused-ring (bicyclic) bond motifs is 1. The van der Waals surface area contributed by atoms with E-state index in [9.17, 15) is 0 Å². The molecule has 1 aliphatic carbocycles. The van der Waals surface area contributed by atoms with E-state index >= 15 is 0 Å². The highest BCUT2D eigenvalue weighted by molar-refractivity contribution is 5.35. The van der Waals surface area contributed by atoms with Crippen LogP contribution < -0.4 is 5.32 Å². The van der Waals surface area contributed by atoms with E-state index in [1.165, 1.54) is 11.1 Å². The Morgan fingerprint density at radius 1 is 1.05 bits per heavy atom. The maximum atomic E-state index is 5.67. The molecule has 2 rings (SSSR count). The average Bonchev–Trinajstić information content (AvgIpc) is 2.87. The van der Waals surface area contributed by atoms with Gasteiger partial charge >= 0.3 is 0 Å². The minimum absolute atomic E-state index is 0.461. The van der Waals surface area contributed by atoms with Crippen LogP contribution in [-0.4, -0.2) is 47.2 Å². The summed E-state index contributed by atoms with van der Waals surface area (Å²) in [5.74, 6) is 0.627. The van der Waals surface area contributed by atoms with Gasteiger partial charge in [0.2, 0.25) is 0 Å². The Labute approximate surface area is 127 Å². The van der Waals surface area contributed by atoms with E-state index in [0.29, 0.717) is 38.4 Å². The fraction of sp³-hybridized carbons (Fsp3) is 0.647. The van der Waals surface area contributed by atoms with Crippen LogP contribution in [-0.2, 0) is 20.6 Å². The molecule has 1 aromatic rings. The lowest BCUT2D eigenvalue weighted by Gasteiger charge is -2.19. The zero-order chi connectivity index (χ0) is 14.9. The molecule has 21 heavy (non-hydrogen) atoms. The van der Waals surface area contributed by atoms with Gasteiger partial charge in [0.05, 0.1) is 26.4 Å². The van der Waals surface area contributed by atoms with E-state index in [1.807, 2.05) is 7.05 Å². The van der Waals surface area contributed by atoms with E-state index in [4.69, 9.17) is 14.2 Å². The molecule has 4 nitrogen and oxygen atoms in total. The molecular formula is C17H27NO3. The molecule has 0 saturated heterocycles. The third-order valence-corrected chi connectivity index (χ3v) is 4.09. The topological polar surface area (TPSA) is 39.7 Å². The molecule has 2 atom stereocenters. The van der Waals surface area contributed by atoms with Gasteiger partial charge in [0.25, 0.3) is 0 Å². The third kappa shape index (κ3) is 4.78. The van der Waals surface area contributed by atoms with E-state index < -0.39 is 0 Å². The standard InChI is InChI=1S/C17H27NO3/c1-18-17-15(13-14-5-3-4-6-16(14)17)7-8-20-11-12-21-10-9-19-2/h3-6,15,17-18H,7-13H2,1-2H3. The summed E-state index contributed by atoms with van der Waals surface area (Å²) in [6, 6.07) is 9.19. The smallest absolute Gasteiger partial charge is 0.0701 e. The van der Waals surface area contributed by atoms with E-state index in [2.05, 4.69) is 29.6 Å². The van der Waals surface area contributed by atoms with Crippen molar-refractivity contribution >= 4 is 0 Å². The molecule has 0 spiro atoms. The Balaban J connectivity index is 1.63. The van der Waals surface area contributed by atoms with Crippen LogP contribution in [0.4, 0.5) is 0 Å². The van der Waals surface area contributed by atoms with Gasteiger partial charge in [0.15, 0.2) is 0 Å². The Hall–Kier alpha value is -0.940. The molecule has 4 heteroatoms. The first-order valence-corrected chi connectivity index (χ1v) is 7.76. The highest BCUT2D eigenvalue weighted by Gasteiger charge is 2.30. The molecule has 118 valence electrons. The molecule has 0 radical (unpaired) electrons. The van der Waals surface area contributed by atoms with Crippen molar-refractivity contribution in [3.63, 3.8) is 0 Å². The Bertz CT molecular complexity index is 411. The monoisotopic (exact) mass is 293 g/mol. The van der Waals surface area contributed by atoms with Crippen molar-refractivity contribution in [2.24, 2.45) is 5.92 Å². The summed E-state index contributed by atoms with van der Waals surface area (Å²) in [7, 11) is 3.72. The van der Waals surface area contributed by atoms with Crippen LogP contribution in [0.1, 0.15) is 23.6 Å². The number of nitrogens with one attached hydrogen (secondary N) is 1. The zero-order valence-corrected chi connectivity index (χ0v) is 13.1. The lowest BCUT2D eigenvalue weighted by molar-refractivity contribution is 0.0212. The Morgan fingerprint density at radius 3 is 2.52 bits per heavy atom. The SMILES string of the molecule is CNC1c2ccccc2CC1CCOCCOCCOC. The first-order valence-electron chi connectivity index (χ1n) is 7.76. The minimum atomic E-state index is 0.461. The van der Waals surface area contributed by atoms with Crippen LogP contribution in [0.15, 0.2) is 24.3 Å². The number of ether oxygens (including phenoxy) is 3. The van der Waals surface area contributed by atoms with Gasteiger partial charge in [-0.25, -0.2) is 0 Å². The molecule has 2 unspecified atom stereocenters. The molecule has 0 amide bonds. The van der Waals surface area contributed by atoms with Crippen molar-refractivity contribution in [1.82, 2.24) is 5.32 Å². The van der Waals surface area contributed by atoms with Crippen LogP contribution in [0, 0.1) is 5.92 Å². The Kier molecular flexibility index (Phi) is 7.16. The van der Waals surface area contributed by atoms with Gasteiger partial charge in [-0.2, -0.15) is 0 Å². The fourth-order valence-electron chi connectivity index (χ4n) is 3.04. The molecule has 0 heterocycles. The summed E-state index contributed by atoms with van der Waals surface area (Å²) in [6.45, 7) is 3.38. The molecular weight excluding hydrogens is 266 g/mol. The van der Waals surface area contributed by atoms with Gasteiger partial charge in [-0.15, -0.1) is 0 Å². The second-order valence-electron chi connectivity index (χ2n) is 5.44. The molecule has 0 aliphatic heterocycles. The van der Waals surface area contributed by atoms with Crippen molar-refractivity contribution in [1.29, 1.82) is 0 Å². The first kappa shape index (κ1) is 16.4. The molecule has 0 bridgehead atoms. The van der Waals surface area contributed by atoms with Crippen molar-refractivity contribution in [2.45, 2.75) is 18.9 Å². The predicted molar refractivity (Wildman–Crippen MR) is 83.6 cm³/mol. The summed E-state index contributed by atoms with van der Waals surface area (Å²) in [5.41, 5.74) is 2.93. The Morgan fingerprint density at radius 2 is 1.76 bits per heavy atom. The molecule has 1 N–H and O–H groups in total. The van der Waals surface area contributed by atoms with Crippen molar-refractivity contribution in [3.05, 3.63) is 35.4 Å². The van der Waals surface area contributed by atoms with Crippen molar-refractivity contribution < 1.29 is 14.2 Å². The van der Waals surface area contributed by atoms with Crippen molar-refractivity contribution in [3.8, 4) is 0 Å². The lowest BCUT2D eigenvalue weighted by Crippen LogP contribution is -2.23. The average molecular weight is 293 g/mol. The van der Waals surface area contributed by atoms with Gasteiger partial charge in [-0.05, 0) is 36.9 Å². The summed E-state index contributed by atoms with van der Waals surface area (Å²) in [5, 5.41) is 3.45. The third-order valence-electron chi connectivity index (χ3n) is 4.09. The van der Waals surface area contributed by atoms with Gasteiger partial charge < -0.3 is 19.5 Å². The highest BCUT2D eigenvalue weighted by atomic mass is 16.5. The van der Waals surface area contributed by atoms with Crippen LogP contribution in [0.2, 0.25) is 0 Å². The predicted octanol–water partition coefficient (Wildman–Crippen LogP) is 2.19. The summed E-state index contributed by atoms with van der Waals surface area (Å²) < 4.78 is 16.0. The minimum Gasteiger partial charge on any atom is -0.382 e. The molecule has 1 aromatic carbocycles. The summed E-state index contributed by atoms with van der Waals surface area (Å²) >= 11 is 0. The van der Waals surface area contributed by atoms with Crippen LogP contribution in [0.5, 0.6) is 0 Å². The number of hydrogen-bond donors (Lipinski definition) is 1. The van der Waals surface area contributed by atoms with E-state index in [-0.39, 0.29) is 0 Å². The second-order valence-corrected chi connectivity index (χ2v) is 5.44. The summed E-state index contributed by atoms with van der Waals surface area (Å²) in [6.07, 6.45) is 2.23. The van der Waals surface area contributed by atoms with Gasteiger partial charge in [-0.1, -0.05) is 24.3 Å². The first-order chi connectivity index (χ1) is 10.4. The molecule has 0 fully saturated rings. The number of benzene rings is 1. The second kappa shape index (κ2) is 9.15. The van der Waals surface area contributed by atoms with Crippen LogP contribution in [0.3, 0.4) is 0 Å². The zero-order valence-electron chi connectivity index (χ0n) is 13.1. The van der Waals surface area contributed by atoms with E-state index in [1.54, 1.807) is 7.11 Å². The van der Waals surface area contributed by atoms with Crippen LogP contribution >= 0.6 is 0 Å². The number of rotatable bonds is 10. The number of hydrogen-bond acceptors (Lipinski definition) is 4. The highest BCUT2D eigenvalue weighted by Crippen LogP contribution is 2.37. The quantitative estimate of drug-likeness (QED) is 0.671. The maximum absolute atomic E-state index is 5.67. The molecule has 0 aromatic heterocycles. The lowest BCUT2D eigenvalue weighted by atomic mass is 9.97. The number of methoxy groups -OCH3 is 1. The van der Waals surface area contributed by atoms with E-state index in [0.717, 1.165) is 19.4 Å². The van der Waals surface area contributed by atoms with Gasteiger partial charge in [0, 0.05) is 19.8 Å². The fourth-order valence-corrected chi connectivity index (χ4v) is 3.04. The van der Waals surface area contributed by atoms with Gasteiger partial charge in [-0.3, -0.25) is 0 Å². The molecule has 0 saturated carbocycles. The van der Waals surface area contributed by atoms with Crippen molar-refractivity contribution in [2.75, 3.05) is 47.2 Å². The van der Waals surface area contributed by atoms with Crippen LogP contribution in [0.25, 0.3) is 0 Å². The summed E-state index contributed by atoms with van der Waals surface area (Å²) in [4.78, 5) is 0. The molecule has 1 aliphatic rings. The normalized spacial score (nSPS) is 20.7. The van der Waals surface area contributed by atoms with Gasteiger partial charge in [0.1, 0.15) is 0 Å².